The van der Waals surface area contributed by atoms with Gasteiger partial charge in [0.2, 0.25) is 0 Å². The zero-order chi connectivity index (χ0) is 14.2. The van der Waals surface area contributed by atoms with Gasteiger partial charge in [-0.25, -0.2) is 9.18 Å². The molecule has 2 aromatic carbocycles. The topological polar surface area (TPSA) is 37.3 Å². The molecule has 3 heteroatoms. The molecule has 0 fully saturated rings. The third kappa shape index (κ3) is 2.50. The minimum absolute atomic E-state index is 0.130. The summed E-state index contributed by atoms with van der Waals surface area (Å²) in [6.07, 6.45) is 0. The highest BCUT2D eigenvalue weighted by Crippen LogP contribution is 2.31. The van der Waals surface area contributed by atoms with Gasteiger partial charge < -0.3 is 5.11 Å². The quantitative estimate of drug-likeness (QED) is 0.879. The Morgan fingerprint density at radius 2 is 1.74 bits per heavy atom. The van der Waals surface area contributed by atoms with Crippen molar-refractivity contribution in [2.45, 2.75) is 20.8 Å². The predicted octanol–water partition coefficient (Wildman–Crippen LogP) is 4.12. The Bertz CT molecular complexity index is 637. The number of hydrogen-bond acceptors (Lipinski definition) is 1. The molecule has 2 rings (SSSR count). The van der Waals surface area contributed by atoms with Gasteiger partial charge in [0.15, 0.2) is 0 Å². The summed E-state index contributed by atoms with van der Waals surface area (Å²) in [7, 11) is 0. The summed E-state index contributed by atoms with van der Waals surface area (Å²) < 4.78 is 14.1. The Hall–Kier alpha value is -2.16. The first-order valence-corrected chi connectivity index (χ1v) is 6.01. The fourth-order valence-electron chi connectivity index (χ4n) is 2.31. The zero-order valence-corrected chi connectivity index (χ0v) is 11.1. The lowest BCUT2D eigenvalue weighted by atomic mass is 9.93. The van der Waals surface area contributed by atoms with E-state index in [9.17, 15) is 14.3 Å². The monoisotopic (exact) mass is 258 g/mol. The van der Waals surface area contributed by atoms with E-state index in [4.69, 9.17) is 0 Å². The number of halogens is 1. The number of carbonyl (C=O) groups is 1. The molecule has 19 heavy (non-hydrogen) atoms. The molecule has 0 heterocycles. The fourth-order valence-corrected chi connectivity index (χ4v) is 2.31. The van der Waals surface area contributed by atoms with Crippen molar-refractivity contribution in [1.82, 2.24) is 0 Å². The van der Waals surface area contributed by atoms with Crippen LogP contribution in [0.15, 0.2) is 30.3 Å². The van der Waals surface area contributed by atoms with Crippen LogP contribution < -0.4 is 0 Å². The van der Waals surface area contributed by atoms with Crippen LogP contribution >= 0.6 is 0 Å². The Labute approximate surface area is 111 Å². The summed E-state index contributed by atoms with van der Waals surface area (Å²) >= 11 is 0. The molecule has 2 aromatic rings. The molecule has 2 nitrogen and oxygen atoms in total. The van der Waals surface area contributed by atoms with Crippen molar-refractivity contribution < 1.29 is 14.3 Å². The van der Waals surface area contributed by atoms with E-state index < -0.39 is 5.97 Å². The largest absolute Gasteiger partial charge is 0.478 e. The first-order valence-electron chi connectivity index (χ1n) is 6.01. The lowest BCUT2D eigenvalue weighted by molar-refractivity contribution is 0.0697. The average molecular weight is 258 g/mol. The molecular weight excluding hydrogens is 243 g/mol. The number of aromatic carboxylic acids is 1. The van der Waals surface area contributed by atoms with Gasteiger partial charge in [0, 0.05) is 5.56 Å². The maximum absolute atomic E-state index is 14.1. The van der Waals surface area contributed by atoms with E-state index in [1.54, 1.807) is 25.1 Å². The molecule has 0 bridgehead atoms. The number of benzene rings is 2. The minimum Gasteiger partial charge on any atom is -0.478 e. The van der Waals surface area contributed by atoms with Gasteiger partial charge in [-0.05, 0) is 49.6 Å². The molecule has 0 aliphatic rings. The van der Waals surface area contributed by atoms with Crippen LogP contribution in [0.4, 0.5) is 4.39 Å². The molecule has 0 saturated heterocycles. The Balaban J connectivity index is 2.76. The van der Waals surface area contributed by atoms with Gasteiger partial charge in [-0.15, -0.1) is 0 Å². The van der Waals surface area contributed by atoms with Crippen molar-refractivity contribution in [2.75, 3.05) is 0 Å². The second-order valence-corrected chi connectivity index (χ2v) is 4.79. The molecule has 0 aliphatic carbocycles. The van der Waals surface area contributed by atoms with Gasteiger partial charge in [0.25, 0.3) is 0 Å². The Kier molecular flexibility index (Phi) is 3.38. The van der Waals surface area contributed by atoms with E-state index in [0.717, 1.165) is 16.7 Å². The van der Waals surface area contributed by atoms with E-state index in [2.05, 4.69) is 0 Å². The predicted molar refractivity (Wildman–Crippen MR) is 73.0 cm³/mol. The number of hydrogen-bond donors (Lipinski definition) is 1. The van der Waals surface area contributed by atoms with Crippen molar-refractivity contribution in [1.29, 1.82) is 0 Å². The normalized spacial score (nSPS) is 10.5. The zero-order valence-electron chi connectivity index (χ0n) is 11.1. The molecule has 98 valence electrons. The van der Waals surface area contributed by atoms with E-state index in [1.807, 2.05) is 19.9 Å². The molecule has 0 radical (unpaired) electrons. The van der Waals surface area contributed by atoms with Crippen molar-refractivity contribution in [3.63, 3.8) is 0 Å². The smallest absolute Gasteiger partial charge is 0.336 e. The molecule has 0 aromatic heterocycles. The number of rotatable bonds is 2. The van der Waals surface area contributed by atoms with Crippen LogP contribution in [-0.2, 0) is 0 Å². The molecule has 0 atom stereocenters. The van der Waals surface area contributed by atoms with E-state index in [1.165, 1.54) is 6.07 Å². The SMILES string of the molecule is Cc1cc(C)c(-c2ccc(C)cc2C(=O)O)c(F)c1. The van der Waals surface area contributed by atoms with Gasteiger partial charge in [0.05, 0.1) is 5.56 Å². The highest BCUT2D eigenvalue weighted by molar-refractivity contribution is 5.96. The summed E-state index contributed by atoms with van der Waals surface area (Å²) in [5, 5.41) is 9.27. The van der Waals surface area contributed by atoms with Crippen LogP contribution in [-0.4, -0.2) is 11.1 Å². The Morgan fingerprint density at radius 3 is 2.32 bits per heavy atom. The van der Waals surface area contributed by atoms with Crippen molar-refractivity contribution in [2.24, 2.45) is 0 Å². The fraction of sp³-hybridized carbons (Fsp3) is 0.188. The van der Waals surface area contributed by atoms with Gasteiger partial charge in [-0.3, -0.25) is 0 Å². The van der Waals surface area contributed by atoms with Crippen molar-refractivity contribution in [3.05, 3.63) is 58.4 Å². The lowest BCUT2D eigenvalue weighted by Crippen LogP contribution is -2.02. The van der Waals surface area contributed by atoms with E-state index in [-0.39, 0.29) is 11.4 Å². The first kappa shape index (κ1) is 13.3. The van der Waals surface area contributed by atoms with Crippen molar-refractivity contribution >= 4 is 5.97 Å². The summed E-state index contributed by atoms with van der Waals surface area (Å²) in [5.41, 5.74) is 3.32. The summed E-state index contributed by atoms with van der Waals surface area (Å²) in [4.78, 5) is 11.3. The number of carboxylic acids is 1. The summed E-state index contributed by atoms with van der Waals surface area (Å²) in [5.74, 6) is -1.43. The van der Waals surface area contributed by atoms with E-state index >= 15 is 0 Å². The van der Waals surface area contributed by atoms with Crippen LogP contribution in [0.2, 0.25) is 0 Å². The van der Waals surface area contributed by atoms with Crippen molar-refractivity contribution in [3.8, 4) is 11.1 Å². The maximum atomic E-state index is 14.1. The molecule has 0 saturated carbocycles. The Morgan fingerprint density at radius 1 is 1.05 bits per heavy atom. The van der Waals surface area contributed by atoms with Crippen LogP contribution in [0.1, 0.15) is 27.0 Å². The molecule has 0 spiro atoms. The highest BCUT2D eigenvalue weighted by atomic mass is 19.1. The highest BCUT2D eigenvalue weighted by Gasteiger charge is 2.17. The average Bonchev–Trinajstić information content (AvgIpc) is 2.29. The lowest BCUT2D eigenvalue weighted by Gasteiger charge is -2.12. The molecule has 0 aliphatic heterocycles. The van der Waals surface area contributed by atoms with Crippen LogP contribution in [0, 0.1) is 26.6 Å². The third-order valence-corrected chi connectivity index (χ3v) is 3.11. The summed E-state index contributed by atoms with van der Waals surface area (Å²) in [6.45, 7) is 5.42. The van der Waals surface area contributed by atoms with Crippen LogP contribution in [0.25, 0.3) is 11.1 Å². The second kappa shape index (κ2) is 4.84. The standard InChI is InChI=1S/C16H15FO2/c1-9-4-5-12(13(7-9)16(18)19)15-11(3)6-10(2)8-14(15)17/h4-8H,1-3H3,(H,18,19). The molecular formula is C16H15FO2. The van der Waals surface area contributed by atoms with E-state index in [0.29, 0.717) is 11.1 Å². The van der Waals surface area contributed by atoms with Gasteiger partial charge >= 0.3 is 5.97 Å². The first-order chi connectivity index (χ1) is 8.90. The second-order valence-electron chi connectivity index (χ2n) is 4.79. The molecule has 1 N–H and O–H groups in total. The van der Waals surface area contributed by atoms with Crippen LogP contribution in [0.5, 0.6) is 0 Å². The van der Waals surface area contributed by atoms with Gasteiger partial charge in [-0.2, -0.15) is 0 Å². The summed E-state index contributed by atoms with van der Waals surface area (Å²) in [6, 6.07) is 8.30. The number of aryl methyl sites for hydroxylation is 3. The molecule has 0 amide bonds. The maximum Gasteiger partial charge on any atom is 0.336 e. The third-order valence-electron chi connectivity index (χ3n) is 3.11. The minimum atomic E-state index is -1.04. The van der Waals surface area contributed by atoms with Crippen LogP contribution in [0.3, 0.4) is 0 Å². The molecule has 0 unspecified atom stereocenters. The number of carboxylic acid groups (broad SMARTS) is 1. The van der Waals surface area contributed by atoms with Gasteiger partial charge in [-0.1, -0.05) is 23.8 Å². The van der Waals surface area contributed by atoms with Gasteiger partial charge in [0.1, 0.15) is 5.82 Å².